The maximum atomic E-state index is 11.3. The third kappa shape index (κ3) is 5.98. The third-order valence-electron chi connectivity index (χ3n) is 5.90. The number of aliphatic hydroxyl groups excluding tert-OH is 1. The fourth-order valence-electron chi connectivity index (χ4n) is 4.03. The molecule has 3 aromatic carbocycles. The first kappa shape index (κ1) is 24.3. The maximum absolute atomic E-state index is 11.3. The molecule has 7 heteroatoms. The number of carbonyl (C=O) groups excluding carboxylic acids is 1. The van der Waals surface area contributed by atoms with Gasteiger partial charge in [0.05, 0.1) is 18.8 Å². The van der Waals surface area contributed by atoms with Crippen molar-refractivity contribution in [2.75, 3.05) is 16.8 Å². The number of benzene rings is 3. The van der Waals surface area contributed by atoms with Crippen LogP contribution in [0.2, 0.25) is 0 Å². The summed E-state index contributed by atoms with van der Waals surface area (Å²) in [4.78, 5) is 12.4. The summed E-state index contributed by atoms with van der Waals surface area (Å²) in [5, 5.41) is 12.2. The van der Waals surface area contributed by atoms with Crippen molar-refractivity contribution in [1.29, 1.82) is 0 Å². The van der Waals surface area contributed by atoms with Gasteiger partial charge in [-0.3, -0.25) is 4.79 Å². The lowest BCUT2D eigenvalue weighted by atomic mass is 9.91. The zero-order chi connectivity index (χ0) is 24.1. The Bertz CT molecular complexity index is 1100. The SMILES string of the molecule is CC(=O)Nc1ccc(SCC2OC(c3cccc(N)c3)OC(c3ccc(CO)cc3)C2C)cc1. The standard InChI is InChI=1S/C27H30N2O4S/c1-17-25(16-34-24-12-10-23(11-13-24)29-18(2)31)32-27(21-4-3-5-22(28)14-21)33-26(17)20-8-6-19(15-30)7-9-20/h3-14,17,25-27,30H,15-16,28H2,1-2H3,(H,29,31). The molecule has 4 rings (SSSR count). The molecule has 0 bridgehead atoms. The van der Waals surface area contributed by atoms with Crippen LogP contribution in [-0.2, 0) is 20.9 Å². The van der Waals surface area contributed by atoms with Gasteiger partial charge >= 0.3 is 0 Å². The topological polar surface area (TPSA) is 93.8 Å². The number of nitrogens with one attached hydrogen (secondary N) is 1. The number of hydrogen-bond donors (Lipinski definition) is 3. The number of aliphatic hydroxyl groups is 1. The molecule has 1 amide bonds. The molecule has 0 radical (unpaired) electrons. The number of amides is 1. The molecule has 4 N–H and O–H groups in total. The third-order valence-corrected chi connectivity index (χ3v) is 7.00. The van der Waals surface area contributed by atoms with Crippen LogP contribution in [0.3, 0.4) is 0 Å². The van der Waals surface area contributed by atoms with E-state index in [4.69, 9.17) is 15.2 Å². The molecule has 0 aliphatic carbocycles. The average molecular weight is 479 g/mol. The van der Waals surface area contributed by atoms with E-state index in [0.29, 0.717) is 5.69 Å². The minimum Gasteiger partial charge on any atom is -0.399 e. The smallest absolute Gasteiger partial charge is 0.221 e. The highest BCUT2D eigenvalue weighted by Crippen LogP contribution is 2.43. The van der Waals surface area contributed by atoms with Crippen LogP contribution in [0.1, 0.15) is 42.9 Å². The maximum Gasteiger partial charge on any atom is 0.221 e. The number of nitrogen functional groups attached to an aromatic ring is 1. The summed E-state index contributed by atoms with van der Waals surface area (Å²) in [6.45, 7) is 3.65. The van der Waals surface area contributed by atoms with Crippen molar-refractivity contribution in [3.8, 4) is 0 Å². The molecule has 6 nitrogen and oxygen atoms in total. The molecule has 0 saturated carbocycles. The first-order valence-electron chi connectivity index (χ1n) is 11.3. The monoisotopic (exact) mass is 478 g/mol. The quantitative estimate of drug-likeness (QED) is 0.315. The van der Waals surface area contributed by atoms with Gasteiger partial charge in [0.1, 0.15) is 0 Å². The van der Waals surface area contributed by atoms with Crippen LogP contribution in [0.15, 0.2) is 77.7 Å². The van der Waals surface area contributed by atoms with E-state index in [1.165, 1.54) is 6.92 Å². The molecule has 1 aliphatic heterocycles. The van der Waals surface area contributed by atoms with Crippen LogP contribution in [0, 0.1) is 5.92 Å². The van der Waals surface area contributed by atoms with Crippen LogP contribution in [-0.4, -0.2) is 22.9 Å². The van der Waals surface area contributed by atoms with Crippen LogP contribution >= 0.6 is 11.8 Å². The fourth-order valence-corrected chi connectivity index (χ4v) is 5.10. The van der Waals surface area contributed by atoms with Gasteiger partial charge in [-0.15, -0.1) is 11.8 Å². The number of thioether (sulfide) groups is 1. The van der Waals surface area contributed by atoms with E-state index >= 15 is 0 Å². The average Bonchev–Trinajstić information content (AvgIpc) is 2.84. The number of hydrogen-bond acceptors (Lipinski definition) is 6. The second kappa shape index (κ2) is 11.1. The summed E-state index contributed by atoms with van der Waals surface area (Å²) in [6.07, 6.45) is -0.765. The molecule has 1 aliphatic rings. The lowest BCUT2D eigenvalue weighted by Crippen LogP contribution is -2.38. The molecule has 1 fully saturated rings. The van der Waals surface area contributed by atoms with E-state index in [2.05, 4.69) is 12.2 Å². The Labute approximate surface area is 204 Å². The molecule has 4 atom stereocenters. The van der Waals surface area contributed by atoms with Crippen molar-refractivity contribution in [2.24, 2.45) is 5.92 Å². The largest absolute Gasteiger partial charge is 0.399 e. The van der Waals surface area contributed by atoms with Gasteiger partial charge in [0.15, 0.2) is 6.29 Å². The Morgan fingerprint density at radius 1 is 1.03 bits per heavy atom. The lowest BCUT2D eigenvalue weighted by Gasteiger charge is -2.41. The predicted octanol–water partition coefficient (Wildman–Crippen LogP) is 5.30. The van der Waals surface area contributed by atoms with Gasteiger partial charge in [-0.25, -0.2) is 0 Å². The van der Waals surface area contributed by atoms with Crippen LogP contribution in [0.5, 0.6) is 0 Å². The van der Waals surface area contributed by atoms with E-state index in [9.17, 15) is 9.90 Å². The zero-order valence-electron chi connectivity index (χ0n) is 19.3. The number of anilines is 2. The molecule has 0 spiro atoms. The molecule has 1 saturated heterocycles. The summed E-state index contributed by atoms with van der Waals surface area (Å²) in [7, 11) is 0. The molecule has 34 heavy (non-hydrogen) atoms. The zero-order valence-corrected chi connectivity index (χ0v) is 20.1. The van der Waals surface area contributed by atoms with Crippen LogP contribution in [0.25, 0.3) is 0 Å². The van der Waals surface area contributed by atoms with E-state index in [1.807, 2.05) is 72.8 Å². The summed E-state index contributed by atoms with van der Waals surface area (Å²) < 4.78 is 12.9. The van der Waals surface area contributed by atoms with Gasteiger partial charge in [-0.2, -0.15) is 0 Å². The predicted molar refractivity (Wildman–Crippen MR) is 135 cm³/mol. The second-order valence-corrected chi connectivity index (χ2v) is 9.60. The highest BCUT2D eigenvalue weighted by atomic mass is 32.2. The van der Waals surface area contributed by atoms with Gasteiger partial charge in [0.25, 0.3) is 0 Å². The van der Waals surface area contributed by atoms with Crippen molar-refractivity contribution >= 4 is 29.0 Å². The molecule has 3 aromatic rings. The minimum atomic E-state index is -0.532. The molecular formula is C27H30N2O4S. The van der Waals surface area contributed by atoms with Crippen LogP contribution in [0.4, 0.5) is 11.4 Å². The van der Waals surface area contributed by atoms with Crippen molar-refractivity contribution in [2.45, 2.75) is 43.8 Å². The number of nitrogens with two attached hydrogens (primary N) is 1. The summed E-state index contributed by atoms with van der Waals surface area (Å²) in [5.41, 5.74) is 10.3. The van der Waals surface area contributed by atoms with Gasteiger partial charge in [0, 0.05) is 40.4 Å². The van der Waals surface area contributed by atoms with Gasteiger partial charge in [-0.05, 0) is 47.5 Å². The number of ether oxygens (including phenoxy) is 2. The minimum absolute atomic E-state index is 0.0103. The first-order chi connectivity index (χ1) is 16.4. The van der Waals surface area contributed by atoms with Crippen LogP contribution < -0.4 is 11.1 Å². The fraction of sp³-hybridized carbons (Fsp3) is 0.296. The van der Waals surface area contributed by atoms with Crippen molar-refractivity contribution < 1.29 is 19.4 Å². The van der Waals surface area contributed by atoms with E-state index in [-0.39, 0.29) is 30.6 Å². The van der Waals surface area contributed by atoms with Gasteiger partial charge in [0.2, 0.25) is 5.91 Å². The van der Waals surface area contributed by atoms with Crippen molar-refractivity contribution in [3.05, 3.63) is 89.5 Å². The highest BCUT2D eigenvalue weighted by Gasteiger charge is 2.38. The number of rotatable bonds is 7. The summed E-state index contributed by atoms with van der Waals surface area (Å²) in [6, 6.07) is 23.3. The Morgan fingerprint density at radius 3 is 2.41 bits per heavy atom. The number of carbonyl (C=O) groups is 1. The summed E-state index contributed by atoms with van der Waals surface area (Å²) in [5.74, 6) is 0.757. The Balaban J connectivity index is 1.53. The lowest BCUT2D eigenvalue weighted by molar-refractivity contribution is -0.268. The van der Waals surface area contributed by atoms with E-state index < -0.39 is 6.29 Å². The van der Waals surface area contributed by atoms with Gasteiger partial charge in [-0.1, -0.05) is 43.3 Å². The van der Waals surface area contributed by atoms with Crippen molar-refractivity contribution in [3.63, 3.8) is 0 Å². The Hall–Kier alpha value is -2.84. The normalized spacial score (nSPS) is 22.3. The first-order valence-corrected chi connectivity index (χ1v) is 12.3. The molecule has 4 unspecified atom stereocenters. The molecule has 1 heterocycles. The van der Waals surface area contributed by atoms with E-state index in [0.717, 1.165) is 33.0 Å². The summed E-state index contributed by atoms with van der Waals surface area (Å²) >= 11 is 1.71. The Kier molecular flexibility index (Phi) is 7.90. The van der Waals surface area contributed by atoms with Crippen molar-refractivity contribution in [1.82, 2.24) is 0 Å². The molecule has 178 valence electrons. The second-order valence-electron chi connectivity index (χ2n) is 8.51. The molecular weight excluding hydrogens is 448 g/mol. The Morgan fingerprint density at radius 2 is 1.76 bits per heavy atom. The highest BCUT2D eigenvalue weighted by molar-refractivity contribution is 7.99. The van der Waals surface area contributed by atoms with E-state index in [1.54, 1.807) is 11.8 Å². The molecule has 0 aromatic heterocycles. The van der Waals surface area contributed by atoms with Gasteiger partial charge < -0.3 is 25.6 Å².